The van der Waals surface area contributed by atoms with Crippen LogP contribution in [0.2, 0.25) is 0 Å². The predicted octanol–water partition coefficient (Wildman–Crippen LogP) is 4.56. The minimum absolute atomic E-state index is 0. The van der Waals surface area contributed by atoms with Crippen LogP contribution < -0.4 is 0 Å². The number of carbonyl (C=O) groups is 2. The summed E-state index contributed by atoms with van der Waals surface area (Å²) in [6.45, 7) is 5.55. The minimum atomic E-state index is -1.62. The predicted molar refractivity (Wildman–Crippen MR) is 92.4 cm³/mol. The summed E-state index contributed by atoms with van der Waals surface area (Å²) in [6.07, 6.45) is 10.4. The Bertz CT molecular complexity index is 312. The van der Waals surface area contributed by atoms with Crippen LogP contribution >= 0.6 is 0 Å². The topological polar surface area (TPSA) is 74.6 Å². The molecule has 0 aromatic heterocycles. The van der Waals surface area contributed by atoms with Crippen LogP contribution in [-0.4, -0.2) is 45.2 Å². The largest absolute Gasteiger partial charge is 2.00 e. The van der Waals surface area contributed by atoms with E-state index in [0.717, 1.165) is 12.8 Å². The van der Waals surface area contributed by atoms with Crippen LogP contribution in [0.3, 0.4) is 0 Å². The number of hydrogen-bond acceptors (Lipinski definition) is 2. The van der Waals surface area contributed by atoms with E-state index in [9.17, 15) is 19.8 Å². The summed E-state index contributed by atoms with van der Waals surface area (Å²) >= 11 is 0. The third-order valence-electron chi connectivity index (χ3n) is 4.42. The number of carboxylic acids is 2. The summed E-state index contributed by atoms with van der Waals surface area (Å²) < 4.78 is 0. The van der Waals surface area contributed by atoms with E-state index in [1.165, 1.54) is 38.5 Å². The van der Waals surface area contributed by atoms with Crippen LogP contribution in [0.4, 0.5) is 0 Å². The van der Waals surface area contributed by atoms with Gasteiger partial charge in [0, 0.05) is 0 Å². The standard InChI is InChI=1S/C17H32O4.Mg.2H/c1-4-5-6-7-8-9-10-11-12-13-17(14(2)3,15(18)19)16(20)21;;;/h14H,4-13H2,1-3H3,(H,18,19)(H,20,21);;;/q;+2;2*-1. The van der Waals surface area contributed by atoms with Crippen LogP contribution in [0.15, 0.2) is 0 Å². The number of carboxylic acid groups (broad SMARTS) is 2. The first-order valence-electron chi connectivity index (χ1n) is 8.36. The van der Waals surface area contributed by atoms with Gasteiger partial charge in [0.05, 0.1) is 0 Å². The van der Waals surface area contributed by atoms with Crippen molar-refractivity contribution in [3.05, 3.63) is 0 Å². The van der Waals surface area contributed by atoms with Crippen molar-refractivity contribution in [2.45, 2.75) is 85.0 Å². The smallest absolute Gasteiger partial charge is 1.00 e. The zero-order chi connectivity index (χ0) is 16.3. The molecule has 0 aliphatic heterocycles. The molecule has 0 unspecified atom stereocenters. The molecular weight excluding hydrogens is 292 g/mol. The molecule has 0 rings (SSSR count). The SMILES string of the molecule is CCCCCCCCCCCC(C(=O)O)(C(=O)O)C(C)C.[H-].[H-].[Mg+2]. The monoisotopic (exact) mass is 326 g/mol. The number of unbranched alkanes of at least 4 members (excludes halogenated alkanes) is 8. The van der Waals surface area contributed by atoms with E-state index in [0.29, 0.717) is 6.42 Å². The van der Waals surface area contributed by atoms with Gasteiger partial charge in [0.2, 0.25) is 0 Å². The molecule has 0 saturated carbocycles. The third kappa shape index (κ3) is 7.81. The molecule has 0 aromatic rings. The van der Waals surface area contributed by atoms with Gasteiger partial charge in [-0.25, -0.2) is 0 Å². The van der Waals surface area contributed by atoms with Gasteiger partial charge >= 0.3 is 35.0 Å². The van der Waals surface area contributed by atoms with Gasteiger partial charge in [-0.05, 0) is 12.3 Å². The summed E-state index contributed by atoms with van der Waals surface area (Å²) in [5.41, 5.74) is -1.62. The van der Waals surface area contributed by atoms with Gasteiger partial charge in [0.1, 0.15) is 0 Å². The van der Waals surface area contributed by atoms with Crippen molar-refractivity contribution in [1.82, 2.24) is 0 Å². The van der Waals surface area contributed by atoms with E-state index in [2.05, 4.69) is 6.92 Å². The fraction of sp³-hybridized carbons (Fsp3) is 0.882. The molecule has 0 bridgehead atoms. The van der Waals surface area contributed by atoms with Crippen molar-refractivity contribution in [3.63, 3.8) is 0 Å². The maximum atomic E-state index is 11.4. The Kier molecular flexibility index (Phi) is 14.4. The first kappa shape index (κ1) is 24.0. The van der Waals surface area contributed by atoms with Gasteiger partial charge in [0.15, 0.2) is 5.41 Å². The summed E-state index contributed by atoms with van der Waals surface area (Å²) in [5, 5.41) is 18.6. The van der Waals surface area contributed by atoms with Gasteiger partial charge in [-0.1, -0.05) is 78.6 Å². The van der Waals surface area contributed by atoms with Gasteiger partial charge in [0.25, 0.3) is 0 Å². The molecule has 0 aromatic carbocycles. The van der Waals surface area contributed by atoms with Crippen LogP contribution in [0.25, 0.3) is 0 Å². The molecule has 0 amide bonds. The Hall–Kier alpha value is -0.294. The summed E-state index contributed by atoms with van der Waals surface area (Å²) in [7, 11) is 0. The third-order valence-corrected chi connectivity index (χ3v) is 4.42. The zero-order valence-electron chi connectivity index (χ0n) is 16.6. The van der Waals surface area contributed by atoms with Gasteiger partial charge < -0.3 is 13.1 Å². The Morgan fingerprint density at radius 1 is 0.864 bits per heavy atom. The van der Waals surface area contributed by atoms with Crippen molar-refractivity contribution < 1.29 is 22.7 Å². The molecule has 0 fully saturated rings. The Labute approximate surface area is 154 Å². The molecule has 22 heavy (non-hydrogen) atoms. The van der Waals surface area contributed by atoms with E-state index in [-0.39, 0.29) is 32.3 Å². The molecule has 0 heterocycles. The normalized spacial score (nSPS) is 11.3. The molecule has 0 atom stereocenters. The summed E-state index contributed by atoms with van der Waals surface area (Å²) in [4.78, 5) is 22.8. The fourth-order valence-electron chi connectivity index (χ4n) is 2.80. The van der Waals surface area contributed by atoms with Crippen LogP contribution in [-0.2, 0) is 9.59 Å². The molecule has 128 valence electrons. The van der Waals surface area contributed by atoms with E-state index in [1.807, 2.05) is 0 Å². The van der Waals surface area contributed by atoms with Crippen LogP contribution in [0.1, 0.15) is 87.8 Å². The second-order valence-corrected chi connectivity index (χ2v) is 6.31. The average molecular weight is 327 g/mol. The molecule has 0 aliphatic carbocycles. The molecule has 2 N–H and O–H groups in total. The molecule has 0 aliphatic rings. The van der Waals surface area contributed by atoms with E-state index < -0.39 is 23.3 Å². The van der Waals surface area contributed by atoms with Gasteiger partial charge in [-0.3, -0.25) is 9.59 Å². The van der Waals surface area contributed by atoms with Crippen molar-refractivity contribution in [3.8, 4) is 0 Å². The quantitative estimate of drug-likeness (QED) is 0.295. The van der Waals surface area contributed by atoms with Gasteiger partial charge in [-0.15, -0.1) is 0 Å². The van der Waals surface area contributed by atoms with E-state index >= 15 is 0 Å². The van der Waals surface area contributed by atoms with Crippen molar-refractivity contribution in [2.75, 3.05) is 0 Å². The first-order chi connectivity index (χ1) is 9.89. The van der Waals surface area contributed by atoms with Crippen molar-refractivity contribution in [1.29, 1.82) is 0 Å². The maximum absolute atomic E-state index is 11.4. The number of hydrogen-bond donors (Lipinski definition) is 2. The van der Waals surface area contributed by atoms with Crippen molar-refractivity contribution in [2.24, 2.45) is 11.3 Å². The molecule has 4 nitrogen and oxygen atoms in total. The van der Waals surface area contributed by atoms with E-state index in [1.54, 1.807) is 13.8 Å². The minimum Gasteiger partial charge on any atom is -1.00 e. The van der Waals surface area contributed by atoms with Gasteiger partial charge in [-0.2, -0.15) is 0 Å². The van der Waals surface area contributed by atoms with E-state index in [4.69, 9.17) is 0 Å². The maximum Gasteiger partial charge on any atom is 2.00 e. The Morgan fingerprint density at radius 2 is 1.23 bits per heavy atom. The number of rotatable bonds is 13. The fourth-order valence-corrected chi connectivity index (χ4v) is 2.80. The second kappa shape index (κ2) is 13.2. The summed E-state index contributed by atoms with van der Waals surface area (Å²) in [5.74, 6) is -2.81. The molecule has 0 spiro atoms. The Balaban J connectivity index is -0.000000667. The van der Waals surface area contributed by atoms with Crippen molar-refractivity contribution >= 4 is 35.0 Å². The first-order valence-corrected chi connectivity index (χ1v) is 8.36. The molecule has 0 radical (unpaired) electrons. The zero-order valence-corrected chi connectivity index (χ0v) is 16.0. The van der Waals surface area contributed by atoms with Crippen LogP contribution in [0.5, 0.6) is 0 Å². The number of aliphatic carboxylic acids is 2. The molecular formula is C17H34MgO4. The second-order valence-electron chi connectivity index (χ2n) is 6.31. The molecule has 0 saturated heterocycles. The molecule has 5 heteroatoms. The summed E-state index contributed by atoms with van der Waals surface area (Å²) in [6, 6.07) is 0. The Morgan fingerprint density at radius 3 is 1.55 bits per heavy atom. The average Bonchev–Trinajstić information content (AvgIpc) is 2.39. The van der Waals surface area contributed by atoms with Crippen LogP contribution in [0, 0.1) is 11.3 Å².